The smallest absolute Gasteiger partial charge is 0.224 e. The second-order valence-corrected chi connectivity index (χ2v) is 5.24. The van der Waals surface area contributed by atoms with Crippen LogP contribution in [0.15, 0.2) is 36.4 Å². The molecule has 0 aliphatic carbocycles. The Labute approximate surface area is 147 Å². The minimum Gasteiger partial charge on any atom is -0.493 e. The molecule has 0 aromatic heterocycles. The molecule has 1 amide bonds. The molecule has 2 rings (SSSR count). The summed E-state index contributed by atoms with van der Waals surface area (Å²) in [6.45, 7) is 6.92. The van der Waals surface area contributed by atoms with Crippen LogP contribution in [0.4, 0.5) is 11.4 Å². The number of aryl methyl sites for hydroxylation is 1. The topological polar surface area (TPSA) is 61.2 Å². The monoisotopic (exact) mass is 340 g/mol. The molecule has 0 saturated carbocycles. The molecular formula is C19H20N2O4. The van der Waals surface area contributed by atoms with E-state index in [-0.39, 0.29) is 5.91 Å². The van der Waals surface area contributed by atoms with E-state index in [0.29, 0.717) is 41.5 Å². The van der Waals surface area contributed by atoms with Gasteiger partial charge in [-0.3, -0.25) is 4.79 Å². The summed E-state index contributed by atoms with van der Waals surface area (Å²) in [6.07, 6.45) is 0.839. The molecule has 6 nitrogen and oxygen atoms in total. The zero-order valence-electron chi connectivity index (χ0n) is 14.5. The van der Waals surface area contributed by atoms with Gasteiger partial charge in [-0.1, -0.05) is 12.1 Å². The number of amides is 1. The Morgan fingerprint density at radius 1 is 1.04 bits per heavy atom. The number of benzene rings is 2. The molecule has 0 atom stereocenters. The predicted molar refractivity (Wildman–Crippen MR) is 95.8 cm³/mol. The van der Waals surface area contributed by atoms with Gasteiger partial charge in [0.05, 0.1) is 27.9 Å². The summed E-state index contributed by atoms with van der Waals surface area (Å²) in [4.78, 5) is 15.4. The van der Waals surface area contributed by atoms with Gasteiger partial charge in [0.1, 0.15) is 0 Å². The molecule has 0 aliphatic rings. The minimum absolute atomic E-state index is 0.107. The predicted octanol–water partition coefficient (Wildman–Crippen LogP) is 3.83. The van der Waals surface area contributed by atoms with Crippen molar-refractivity contribution in [3.63, 3.8) is 0 Å². The summed E-state index contributed by atoms with van der Waals surface area (Å²) >= 11 is 0. The Morgan fingerprint density at radius 3 is 2.12 bits per heavy atom. The van der Waals surface area contributed by atoms with Gasteiger partial charge in [0, 0.05) is 12.1 Å². The van der Waals surface area contributed by atoms with Gasteiger partial charge in [0.2, 0.25) is 11.7 Å². The van der Waals surface area contributed by atoms with Gasteiger partial charge in [-0.15, -0.1) is 0 Å². The summed E-state index contributed by atoms with van der Waals surface area (Å²) in [5.74, 6) is 1.54. The van der Waals surface area contributed by atoms with Crippen LogP contribution in [0.1, 0.15) is 12.0 Å². The van der Waals surface area contributed by atoms with Crippen LogP contribution >= 0.6 is 0 Å². The molecule has 0 fully saturated rings. The standard InChI is InChI=1S/C19H20N2O4/c1-20-14-6-8-15(9-7-14)21-18(22)10-5-13-11-16(23-2)19(25-4)17(12-13)24-3/h6-9,11-12H,5,10H2,2-4H3,(H,21,22). The van der Waals surface area contributed by atoms with Gasteiger partial charge >= 0.3 is 0 Å². The fourth-order valence-electron chi connectivity index (χ4n) is 2.38. The first-order chi connectivity index (χ1) is 12.1. The average Bonchev–Trinajstić information content (AvgIpc) is 2.65. The lowest BCUT2D eigenvalue weighted by Crippen LogP contribution is -2.12. The number of rotatable bonds is 7. The van der Waals surface area contributed by atoms with Crippen molar-refractivity contribution in [2.75, 3.05) is 26.6 Å². The van der Waals surface area contributed by atoms with Crippen LogP contribution < -0.4 is 19.5 Å². The number of carbonyl (C=O) groups excluding carboxylic acids is 1. The van der Waals surface area contributed by atoms with Gasteiger partial charge in [-0.05, 0) is 36.2 Å². The molecule has 0 unspecified atom stereocenters. The molecule has 0 saturated heterocycles. The largest absolute Gasteiger partial charge is 0.493 e. The molecule has 0 aliphatic heterocycles. The third-order valence-electron chi connectivity index (χ3n) is 3.65. The van der Waals surface area contributed by atoms with E-state index >= 15 is 0 Å². The molecular weight excluding hydrogens is 320 g/mol. The van der Waals surface area contributed by atoms with E-state index < -0.39 is 0 Å². The van der Waals surface area contributed by atoms with Crippen LogP contribution in [-0.4, -0.2) is 27.2 Å². The zero-order chi connectivity index (χ0) is 18.2. The molecule has 1 N–H and O–H groups in total. The van der Waals surface area contributed by atoms with E-state index in [1.165, 1.54) is 0 Å². The third kappa shape index (κ3) is 4.64. The van der Waals surface area contributed by atoms with Gasteiger partial charge in [-0.25, -0.2) is 4.85 Å². The van der Waals surface area contributed by atoms with Crippen molar-refractivity contribution in [3.05, 3.63) is 53.4 Å². The second-order valence-electron chi connectivity index (χ2n) is 5.24. The van der Waals surface area contributed by atoms with E-state index in [0.717, 1.165) is 5.56 Å². The molecule has 2 aromatic carbocycles. The number of anilines is 1. The van der Waals surface area contributed by atoms with Gasteiger partial charge in [0.25, 0.3) is 0 Å². The Hall–Kier alpha value is -3.20. The van der Waals surface area contributed by atoms with Crippen molar-refractivity contribution in [1.29, 1.82) is 0 Å². The van der Waals surface area contributed by atoms with Crippen LogP contribution in [0.3, 0.4) is 0 Å². The zero-order valence-corrected chi connectivity index (χ0v) is 14.5. The maximum Gasteiger partial charge on any atom is 0.224 e. The highest BCUT2D eigenvalue weighted by Crippen LogP contribution is 2.38. The molecule has 0 heterocycles. The first-order valence-corrected chi connectivity index (χ1v) is 7.67. The minimum atomic E-state index is -0.107. The number of nitrogens with one attached hydrogen (secondary N) is 1. The van der Waals surface area contributed by atoms with Crippen molar-refractivity contribution in [1.82, 2.24) is 0 Å². The Kier molecular flexibility index (Phi) is 6.24. The van der Waals surface area contributed by atoms with Gasteiger partial charge < -0.3 is 19.5 Å². The number of hydrogen-bond acceptors (Lipinski definition) is 4. The fourth-order valence-corrected chi connectivity index (χ4v) is 2.38. The maximum atomic E-state index is 12.1. The fraction of sp³-hybridized carbons (Fsp3) is 0.263. The molecule has 25 heavy (non-hydrogen) atoms. The van der Waals surface area contributed by atoms with Crippen molar-refractivity contribution < 1.29 is 19.0 Å². The van der Waals surface area contributed by atoms with Crippen molar-refractivity contribution in [3.8, 4) is 17.2 Å². The number of hydrogen-bond donors (Lipinski definition) is 1. The Morgan fingerprint density at radius 2 is 1.64 bits per heavy atom. The molecule has 6 heteroatoms. The SMILES string of the molecule is [C-]#[N+]c1ccc(NC(=O)CCc2cc(OC)c(OC)c(OC)c2)cc1. The van der Waals surface area contributed by atoms with E-state index in [4.69, 9.17) is 20.8 Å². The average molecular weight is 340 g/mol. The van der Waals surface area contributed by atoms with Gasteiger partial charge in [-0.2, -0.15) is 0 Å². The first kappa shape index (κ1) is 18.1. The van der Waals surface area contributed by atoms with Crippen LogP contribution in [0.2, 0.25) is 0 Å². The molecule has 2 aromatic rings. The summed E-state index contributed by atoms with van der Waals surface area (Å²) in [5, 5.41) is 2.81. The van der Waals surface area contributed by atoms with E-state index in [2.05, 4.69) is 10.2 Å². The maximum absolute atomic E-state index is 12.1. The van der Waals surface area contributed by atoms with Crippen LogP contribution in [0.5, 0.6) is 17.2 Å². The normalized spacial score (nSPS) is 9.84. The Bertz CT molecular complexity index is 754. The number of nitrogens with zero attached hydrogens (tertiary/aromatic N) is 1. The van der Waals surface area contributed by atoms with Gasteiger partial charge in [0.15, 0.2) is 17.2 Å². The lowest BCUT2D eigenvalue weighted by Gasteiger charge is -2.14. The first-order valence-electron chi connectivity index (χ1n) is 7.67. The Balaban J connectivity index is 2.02. The van der Waals surface area contributed by atoms with E-state index in [1.54, 1.807) is 45.6 Å². The lowest BCUT2D eigenvalue weighted by molar-refractivity contribution is -0.116. The van der Waals surface area contributed by atoms with E-state index in [9.17, 15) is 4.79 Å². The summed E-state index contributed by atoms with van der Waals surface area (Å²) < 4.78 is 15.9. The van der Waals surface area contributed by atoms with Crippen molar-refractivity contribution in [2.24, 2.45) is 0 Å². The number of carbonyl (C=O) groups is 1. The third-order valence-corrected chi connectivity index (χ3v) is 3.65. The number of ether oxygens (including phenoxy) is 3. The summed E-state index contributed by atoms with van der Waals surface area (Å²) in [6, 6.07) is 10.4. The number of methoxy groups -OCH3 is 3. The molecule has 130 valence electrons. The highest BCUT2D eigenvalue weighted by atomic mass is 16.5. The van der Waals surface area contributed by atoms with Crippen LogP contribution in [0.25, 0.3) is 4.85 Å². The quantitative estimate of drug-likeness (QED) is 0.778. The summed E-state index contributed by atoms with van der Waals surface area (Å²) in [7, 11) is 4.66. The van der Waals surface area contributed by atoms with Crippen LogP contribution in [-0.2, 0) is 11.2 Å². The summed E-state index contributed by atoms with van der Waals surface area (Å²) in [5.41, 5.74) is 2.12. The molecule has 0 spiro atoms. The highest BCUT2D eigenvalue weighted by molar-refractivity contribution is 5.91. The van der Waals surface area contributed by atoms with Crippen LogP contribution in [0, 0.1) is 6.57 Å². The van der Waals surface area contributed by atoms with Crippen molar-refractivity contribution in [2.45, 2.75) is 12.8 Å². The second kappa shape index (κ2) is 8.60. The highest BCUT2D eigenvalue weighted by Gasteiger charge is 2.14. The van der Waals surface area contributed by atoms with E-state index in [1.807, 2.05) is 12.1 Å². The molecule has 0 radical (unpaired) electrons. The molecule has 0 bridgehead atoms. The van der Waals surface area contributed by atoms with Crippen molar-refractivity contribution >= 4 is 17.3 Å². The lowest BCUT2D eigenvalue weighted by atomic mass is 10.1.